The van der Waals surface area contributed by atoms with Gasteiger partial charge in [-0.25, -0.2) is 9.97 Å². The van der Waals surface area contributed by atoms with Crippen molar-refractivity contribution < 1.29 is 0 Å². The highest BCUT2D eigenvalue weighted by Gasteiger charge is 2.09. The first kappa shape index (κ1) is 11.6. The molecule has 16 heavy (non-hydrogen) atoms. The number of aromatic nitrogens is 2. The number of hydrogen-bond acceptors (Lipinski definition) is 2. The summed E-state index contributed by atoms with van der Waals surface area (Å²) in [5, 5.41) is -0.0811. The average molecular weight is 298 g/mol. The highest BCUT2D eigenvalue weighted by atomic mass is 79.9. The second-order valence-corrected chi connectivity index (χ2v) is 4.84. The molecule has 1 aromatic carbocycles. The van der Waals surface area contributed by atoms with Gasteiger partial charge >= 0.3 is 0 Å². The number of rotatable bonds is 3. The van der Waals surface area contributed by atoms with E-state index in [1.165, 1.54) is 0 Å². The first-order chi connectivity index (χ1) is 7.75. The standard InChI is InChI=1S/C12H10BrClN2/c13-10-7-15-12(16-8-10)6-11(14)9-4-2-1-3-5-9/h1-5,7-8,11H,6H2. The maximum atomic E-state index is 6.29. The number of halogens is 2. The molecule has 2 rings (SSSR count). The fourth-order valence-corrected chi connectivity index (χ4v) is 1.87. The van der Waals surface area contributed by atoms with Crippen LogP contribution in [0.4, 0.5) is 0 Å². The van der Waals surface area contributed by atoms with E-state index in [9.17, 15) is 0 Å². The third-order valence-corrected chi connectivity index (χ3v) is 3.01. The summed E-state index contributed by atoms with van der Waals surface area (Å²) in [6.07, 6.45) is 4.10. The van der Waals surface area contributed by atoms with E-state index in [0.29, 0.717) is 6.42 Å². The number of hydrogen-bond donors (Lipinski definition) is 0. The second kappa shape index (κ2) is 5.41. The van der Waals surface area contributed by atoms with Gasteiger partial charge in [-0.2, -0.15) is 0 Å². The molecule has 2 nitrogen and oxygen atoms in total. The van der Waals surface area contributed by atoms with Gasteiger partial charge in [-0.05, 0) is 21.5 Å². The van der Waals surface area contributed by atoms with E-state index in [1.807, 2.05) is 30.3 Å². The summed E-state index contributed by atoms with van der Waals surface area (Å²) >= 11 is 9.59. The van der Waals surface area contributed by atoms with Gasteiger partial charge in [0, 0.05) is 18.8 Å². The minimum atomic E-state index is -0.0811. The SMILES string of the molecule is ClC(Cc1ncc(Br)cn1)c1ccccc1. The van der Waals surface area contributed by atoms with Crippen LogP contribution in [0.2, 0.25) is 0 Å². The van der Waals surface area contributed by atoms with Crippen molar-refractivity contribution in [2.75, 3.05) is 0 Å². The summed E-state index contributed by atoms with van der Waals surface area (Å²) in [6.45, 7) is 0. The first-order valence-electron chi connectivity index (χ1n) is 4.91. The van der Waals surface area contributed by atoms with Crippen molar-refractivity contribution in [1.29, 1.82) is 0 Å². The zero-order valence-corrected chi connectivity index (χ0v) is 10.8. The van der Waals surface area contributed by atoms with Gasteiger partial charge in [-0.3, -0.25) is 0 Å². The van der Waals surface area contributed by atoms with E-state index in [2.05, 4.69) is 25.9 Å². The van der Waals surface area contributed by atoms with Crippen molar-refractivity contribution >= 4 is 27.5 Å². The molecular formula is C12H10BrClN2. The van der Waals surface area contributed by atoms with Crippen molar-refractivity contribution in [1.82, 2.24) is 9.97 Å². The van der Waals surface area contributed by atoms with Crippen LogP contribution in [0.5, 0.6) is 0 Å². The Kier molecular flexibility index (Phi) is 3.91. The van der Waals surface area contributed by atoms with Crippen molar-refractivity contribution in [3.8, 4) is 0 Å². The smallest absolute Gasteiger partial charge is 0.130 e. The molecule has 1 atom stereocenters. The molecule has 0 bridgehead atoms. The quantitative estimate of drug-likeness (QED) is 0.806. The van der Waals surface area contributed by atoms with Crippen molar-refractivity contribution in [3.63, 3.8) is 0 Å². The van der Waals surface area contributed by atoms with E-state index in [0.717, 1.165) is 15.9 Å². The third kappa shape index (κ3) is 3.03. The maximum absolute atomic E-state index is 6.29. The molecule has 82 valence electrons. The number of alkyl halides is 1. The van der Waals surface area contributed by atoms with Crippen molar-refractivity contribution in [2.45, 2.75) is 11.8 Å². The Hall–Kier alpha value is -0.930. The van der Waals surface area contributed by atoms with Crippen LogP contribution in [0.1, 0.15) is 16.8 Å². The summed E-state index contributed by atoms with van der Waals surface area (Å²) in [7, 11) is 0. The van der Waals surface area contributed by atoms with Gasteiger partial charge in [0.05, 0.1) is 9.85 Å². The Morgan fingerprint density at radius 3 is 2.38 bits per heavy atom. The van der Waals surface area contributed by atoms with E-state index in [1.54, 1.807) is 12.4 Å². The Labute approximate surface area is 108 Å². The van der Waals surface area contributed by atoms with Gasteiger partial charge in [-0.15, -0.1) is 11.6 Å². The van der Waals surface area contributed by atoms with E-state index >= 15 is 0 Å². The minimum Gasteiger partial charge on any atom is -0.240 e. The van der Waals surface area contributed by atoms with Gasteiger partial charge in [0.25, 0.3) is 0 Å². The van der Waals surface area contributed by atoms with Crippen LogP contribution in [0, 0.1) is 0 Å². The molecular weight excluding hydrogens is 288 g/mol. The van der Waals surface area contributed by atoms with Crippen LogP contribution in [0.25, 0.3) is 0 Å². The monoisotopic (exact) mass is 296 g/mol. The summed E-state index contributed by atoms with van der Waals surface area (Å²) in [5.41, 5.74) is 1.09. The van der Waals surface area contributed by atoms with Crippen molar-refractivity contribution in [3.05, 3.63) is 58.6 Å². The van der Waals surface area contributed by atoms with Crippen LogP contribution in [0.15, 0.2) is 47.2 Å². The lowest BCUT2D eigenvalue weighted by atomic mass is 10.1. The molecule has 2 aromatic rings. The predicted molar refractivity (Wildman–Crippen MR) is 68.5 cm³/mol. The van der Waals surface area contributed by atoms with Crippen LogP contribution in [0.3, 0.4) is 0 Å². The molecule has 4 heteroatoms. The Morgan fingerprint density at radius 2 is 1.75 bits per heavy atom. The molecule has 0 saturated heterocycles. The normalized spacial score (nSPS) is 12.4. The third-order valence-electron chi connectivity index (χ3n) is 2.20. The fourth-order valence-electron chi connectivity index (χ4n) is 1.38. The maximum Gasteiger partial charge on any atom is 0.130 e. The molecule has 0 aliphatic carbocycles. The van der Waals surface area contributed by atoms with E-state index in [4.69, 9.17) is 11.6 Å². The molecule has 0 fully saturated rings. The van der Waals surface area contributed by atoms with Crippen LogP contribution < -0.4 is 0 Å². The molecule has 0 radical (unpaired) electrons. The number of nitrogens with zero attached hydrogens (tertiary/aromatic N) is 2. The lowest BCUT2D eigenvalue weighted by molar-refractivity contribution is 0.830. The Balaban J connectivity index is 2.08. The van der Waals surface area contributed by atoms with Gasteiger partial charge in [0.2, 0.25) is 0 Å². The molecule has 1 heterocycles. The highest BCUT2D eigenvalue weighted by molar-refractivity contribution is 9.10. The summed E-state index contributed by atoms with van der Waals surface area (Å²) in [6, 6.07) is 9.95. The van der Waals surface area contributed by atoms with Crippen LogP contribution in [-0.2, 0) is 6.42 Å². The molecule has 1 unspecified atom stereocenters. The van der Waals surface area contributed by atoms with E-state index < -0.39 is 0 Å². The molecule has 1 aromatic heterocycles. The predicted octanol–water partition coefficient (Wildman–Crippen LogP) is 3.76. The second-order valence-electron chi connectivity index (χ2n) is 3.40. The lowest BCUT2D eigenvalue weighted by Crippen LogP contribution is -2.00. The minimum absolute atomic E-state index is 0.0811. The lowest BCUT2D eigenvalue weighted by Gasteiger charge is -2.08. The summed E-state index contributed by atoms with van der Waals surface area (Å²) in [5.74, 6) is 0.757. The van der Waals surface area contributed by atoms with Crippen LogP contribution >= 0.6 is 27.5 Å². The molecule has 0 aliphatic heterocycles. The zero-order valence-electron chi connectivity index (χ0n) is 8.48. The van der Waals surface area contributed by atoms with Gasteiger partial charge in [-0.1, -0.05) is 30.3 Å². The molecule has 0 aliphatic rings. The molecule has 0 N–H and O–H groups in total. The molecule has 0 spiro atoms. The van der Waals surface area contributed by atoms with Gasteiger partial charge < -0.3 is 0 Å². The summed E-state index contributed by atoms with van der Waals surface area (Å²) in [4.78, 5) is 8.40. The largest absolute Gasteiger partial charge is 0.240 e. The van der Waals surface area contributed by atoms with Gasteiger partial charge in [0.1, 0.15) is 5.82 Å². The topological polar surface area (TPSA) is 25.8 Å². The Morgan fingerprint density at radius 1 is 1.12 bits per heavy atom. The molecule has 0 amide bonds. The summed E-state index contributed by atoms with van der Waals surface area (Å²) < 4.78 is 0.877. The van der Waals surface area contributed by atoms with E-state index in [-0.39, 0.29) is 5.38 Å². The molecule has 0 saturated carbocycles. The zero-order chi connectivity index (χ0) is 11.4. The first-order valence-corrected chi connectivity index (χ1v) is 6.14. The fraction of sp³-hybridized carbons (Fsp3) is 0.167. The highest BCUT2D eigenvalue weighted by Crippen LogP contribution is 2.23. The van der Waals surface area contributed by atoms with Gasteiger partial charge in [0.15, 0.2) is 0 Å². The number of benzene rings is 1. The van der Waals surface area contributed by atoms with Crippen molar-refractivity contribution in [2.24, 2.45) is 0 Å². The van der Waals surface area contributed by atoms with Crippen LogP contribution in [-0.4, -0.2) is 9.97 Å². The Bertz CT molecular complexity index is 444. The average Bonchev–Trinajstić information content (AvgIpc) is 2.33.